The van der Waals surface area contributed by atoms with Crippen LogP contribution in [-0.4, -0.2) is 26.3 Å². The molecule has 0 spiro atoms. The van der Waals surface area contributed by atoms with Crippen LogP contribution in [0.15, 0.2) is 0 Å². The van der Waals surface area contributed by atoms with Crippen molar-refractivity contribution >= 4 is 0 Å². The summed E-state index contributed by atoms with van der Waals surface area (Å²) >= 11 is 0. The van der Waals surface area contributed by atoms with E-state index in [1.165, 1.54) is 25.7 Å². The van der Waals surface area contributed by atoms with Crippen LogP contribution in [0, 0.1) is 5.92 Å². The Morgan fingerprint density at radius 3 is 2.50 bits per heavy atom. The van der Waals surface area contributed by atoms with Crippen LogP contribution in [0.4, 0.5) is 0 Å². The van der Waals surface area contributed by atoms with Gasteiger partial charge in [0.1, 0.15) is 0 Å². The largest absolute Gasteiger partial charge is 0.384 e. The maximum absolute atomic E-state index is 5.16. The van der Waals surface area contributed by atoms with Gasteiger partial charge in [0.15, 0.2) is 0 Å². The fourth-order valence-corrected chi connectivity index (χ4v) is 1.88. The van der Waals surface area contributed by atoms with Gasteiger partial charge in [0.2, 0.25) is 0 Å². The van der Waals surface area contributed by atoms with Gasteiger partial charge in [0, 0.05) is 19.8 Å². The fourth-order valence-electron chi connectivity index (χ4n) is 1.88. The van der Waals surface area contributed by atoms with Gasteiger partial charge in [-0.2, -0.15) is 0 Å². The highest BCUT2D eigenvalue weighted by Gasteiger charge is 2.11. The molecule has 0 rings (SSSR count). The molecular formula is C12H27NO. The summed E-state index contributed by atoms with van der Waals surface area (Å²) < 4.78 is 5.16. The van der Waals surface area contributed by atoms with E-state index in [1.807, 2.05) is 0 Å². The second-order valence-corrected chi connectivity index (χ2v) is 4.19. The van der Waals surface area contributed by atoms with Gasteiger partial charge in [0.25, 0.3) is 0 Å². The van der Waals surface area contributed by atoms with Crippen molar-refractivity contribution in [3.05, 3.63) is 0 Å². The summed E-state index contributed by atoms with van der Waals surface area (Å²) in [6.07, 6.45) is 5.16. The summed E-state index contributed by atoms with van der Waals surface area (Å²) in [4.78, 5) is 0. The molecule has 1 N–H and O–H groups in total. The Balaban J connectivity index is 3.69. The molecule has 14 heavy (non-hydrogen) atoms. The van der Waals surface area contributed by atoms with E-state index in [0.29, 0.717) is 12.0 Å². The average molecular weight is 201 g/mol. The lowest BCUT2D eigenvalue weighted by Crippen LogP contribution is -2.31. The Labute approximate surface area is 89.4 Å². The molecule has 0 saturated carbocycles. The molecule has 0 radical (unpaired) electrons. The molecule has 0 aromatic rings. The third-order valence-corrected chi connectivity index (χ3v) is 2.54. The molecule has 0 heterocycles. The number of unbranched alkanes of at least 4 members (excludes halogenated alkanes) is 1. The van der Waals surface area contributed by atoms with Crippen LogP contribution in [-0.2, 0) is 4.74 Å². The molecule has 0 aromatic carbocycles. The lowest BCUT2D eigenvalue weighted by atomic mass is 9.98. The standard InChI is InChI=1S/C12H27NO/c1-5-7-8-12(13-6-2)9-11(3)10-14-4/h11-13H,5-10H2,1-4H3. The number of hydrogen-bond donors (Lipinski definition) is 1. The summed E-state index contributed by atoms with van der Waals surface area (Å²) in [7, 11) is 1.78. The van der Waals surface area contributed by atoms with Gasteiger partial charge in [-0.15, -0.1) is 0 Å². The third-order valence-electron chi connectivity index (χ3n) is 2.54. The monoisotopic (exact) mass is 201 g/mol. The van der Waals surface area contributed by atoms with E-state index in [2.05, 4.69) is 26.1 Å². The van der Waals surface area contributed by atoms with Crippen molar-refractivity contribution in [3.63, 3.8) is 0 Å². The first-order valence-electron chi connectivity index (χ1n) is 5.96. The normalized spacial score (nSPS) is 15.4. The first-order chi connectivity index (χ1) is 6.74. The van der Waals surface area contributed by atoms with E-state index in [-0.39, 0.29) is 0 Å². The molecule has 0 aliphatic rings. The number of rotatable bonds is 9. The van der Waals surface area contributed by atoms with E-state index in [9.17, 15) is 0 Å². The minimum atomic E-state index is 0.668. The lowest BCUT2D eigenvalue weighted by Gasteiger charge is -2.21. The van der Waals surface area contributed by atoms with Gasteiger partial charge in [-0.1, -0.05) is 33.6 Å². The highest BCUT2D eigenvalue weighted by atomic mass is 16.5. The van der Waals surface area contributed by atoms with E-state index in [4.69, 9.17) is 4.74 Å². The van der Waals surface area contributed by atoms with Crippen LogP contribution in [0.2, 0.25) is 0 Å². The molecule has 2 unspecified atom stereocenters. The molecule has 0 aliphatic heterocycles. The highest BCUT2D eigenvalue weighted by molar-refractivity contribution is 4.69. The van der Waals surface area contributed by atoms with E-state index in [1.54, 1.807) is 7.11 Å². The van der Waals surface area contributed by atoms with Gasteiger partial charge >= 0.3 is 0 Å². The van der Waals surface area contributed by atoms with Crippen LogP contribution < -0.4 is 5.32 Å². The molecule has 0 bridgehead atoms. The van der Waals surface area contributed by atoms with Gasteiger partial charge < -0.3 is 10.1 Å². The second kappa shape index (κ2) is 9.47. The van der Waals surface area contributed by atoms with Crippen LogP contribution in [0.1, 0.15) is 46.5 Å². The summed E-state index contributed by atoms with van der Waals surface area (Å²) in [6, 6.07) is 0.685. The van der Waals surface area contributed by atoms with Crippen molar-refractivity contribution in [2.24, 2.45) is 5.92 Å². The molecule has 2 atom stereocenters. The van der Waals surface area contributed by atoms with Gasteiger partial charge in [-0.25, -0.2) is 0 Å². The van der Waals surface area contributed by atoms with E-state index in [0.717, 1.165) is 13.2 Å². The zero-order valence-corrected chi connectivity index (χ0v) is 10.3. The Kier molecular flexibility index (Phi) is 9.42. The van der Waals surface area contributed by atoms with Crippen molar-refractivity contribution in [1.29, 1.82) is 0 Å². The molecular weight excluding hydrogens is 174 g/mol. The summed E-state index contributed by atoms with van der Waals surface area (Å²) in [5.74, 6) is 0.668. The maximum atomic E-state index is 5.16. The van der Waals surface area contributed by atoms with Crippen LogP contribution in [0.3, 0.4) is 0 Å². The Bertz CT molecular complexity index is 117. The molecule has 0 aromatic heterocycles. The molecule has 2 heteroatoms. The third kappa shape index (κ3) is 7.34. The molecule has 0 aliphatic carbocycles. The van der Waals surface area contributed by atoms with Crippen LogP contribution in [0.5, 0.6) is 0 Å². The molecule has 0 saturated heterocycles. The molecule has 0 amide bonds. The van der Waals surface area contributed by atoms with Gasteiger partial charge in [-0.05, 0) is 25.3 Å². The summed E-state index contributed by atoms with van der Waals surface area (Å²) in [5, 5.41) is 3.55. The number of methoxy groups -OCH3 is 1. The Morgan fingerprint density at radius 1 is 1.29 bits per heavy atom. The zero-order valence-electron chi connectivity index (χ0n) is 10.3. The summed E-state index contributed by atoms with van der Waals surface area (Å²) in [5.41, 5.74) is 0. The van der Waals surface area contributed by atoms with Gasteiger partial charge in [-0.3, -0.25) is 0 Å². The van der Waals surface area contributed by atoms with Crippen LogP contribution >= 0.6 is 0 Å². The molecule has 86 valence electrons. The van der Waals surface area contributed by atoms with Crippen LogP contribution in [0.25, 0.3) is 0 Å². The maximum Gasteiger partial charge on any atom is 0.0488 e. The van der Waals surface area contributed by atoms with E-state index < -0.39 is 0 Å². The SMILES string of the molecule is CCCCC(CC(C)COC)NCC. The Hall–Kier alpha value is -0.0800. The van der Waals surface area contributed by atoms with E-state index >= 15 is 0 Å². The van der Waals surface area contributed by atoms with Crippen molar-refractivity contribution < 1.29 is 4.74 Å². The number of nitrogens with one attached hydrogen (secondary N) is 1. The molecule has 2 nitrogen and oxygen atoms in total. The average Bonchev–Trinajstić information content (AvgIpc) is 2.15. The minimum Gasteiger partial charge on any atom is -0.384 e. The van der Waals surface area contributed by atoms with Gasteiger partial charge in [0.05, 0.1) is 0 Å². The zero-order chi connectivity index (χ0) is 10.8. The van der Waals surface area contributed by atoms with Crippen molar-refractivity contribution in [2.45, 2.75) is 52.5 Å². The highest BCUT2D eigenvalue weighted by Crippen LogP contribution is 2.11. The summed E-state index contributed by atoms with van der Waals surface area (Å²) in [6.45, 7) is 8.66. The topological polar surface area (TPSA) is 21.3 Å². The first-order valence-corrected chi connectivity index (χ1v) is 5.96. The number of hydrogen-bond acceptors (Lipinski definition) is 2. The minimum absolute atomic E-state index is 0.668. The lowest BCUT2D eigenvalue weighted by molar-refractivity contribution is 0.148. The quantitative estimate of drug-likeness (QED) is 0.619. The smallest absolute Gasteiger partial charge is 0.0488 e. The molecule has 0 fully saturated rings. The number of ether oxygens (including phenoxy) is 1. The van der Waals surface area contributed by atoms with Crippen molar-refractivity contribution in [3.8, 4) is 0 Å². The predicted octanol–water partition coefficient (Wildman–Crippen LogP) is 2.83. The fraction of sp³-hybridized carbons (Fsp3) is 1.00. The predicted molar refractivity (Wildman–Crippen MR) is 62.6 cm³/mol. The second-order valence-electron chi connectivity index (χ2n) is 4.19. The Morgan fingerprint density at radius 2 is 2.00 bits per heavy atom. The first kappa shape index (κ1) is 13.9. The van der Waals surface area contributed by atoms with Crippen molar-refractivity contribution in [1.82, 2.24) is 5.32 Å². The van der Waals surface area contributed by atoms with Crippen molar-refractivity contribution in [2.75, 3.05) is 20.3 Å².